The molecule has 0 N–H and O–H groups in total. The Morgan fingerprint density at radius 1 is 1.11 bits per heavy atom. The molecule has 3 rings (SSSR count). The van der Waals surface area contributed by atoms with Crippen molar-refractivity contribution in [1.29, 1.82) is 0 Å². The zero-order chi connectivity index (χ0) is 19.4. The fourth-order valence-corrected chi connectivity index (χ4v) is 5.33. The van der Waals surface area contributed by atoms with E-state index in [-0.39, 0.29) is 23.3 Å². The van der Waals surface area contributed by atoms with E-state index in [2.05, 4.69) is 11.8 Å². The Hall–Kier alpha value is -1.64. The molecule has 1 amide bonds. The Bertz CT molecular complexity index is 743. The fourth-order valence-electron chi connectivity index (χ4n) is 3.80. The SMILES string of the molecule is CCN1CCN(C(=O)[C@@H]2CCCN(S(=O)(=O)c3ccc(OC)cc3)C2)CC1. The summed E-state index contributed by atoms with van der Waals surface area (Å²) in [5.41, 5.74) is 0. The number of amides is 1. The maximum Gasteiger partial charge on any atom is 0.243 e. The molecule has 2 heterocycles. The monoisotopic (exact) mass is 395 g/mol. The van der Waals surface area contributed by atoms with Gasteiger partial charge in [0.2, 0.25) is 15.9 Å². The van der Waals surface area contributed by atoms with Crippen LogP contribution in [0.4, 0.5) is 0 Å². The first-order valence-electron chi connectivity index (χ1n) is 9.61. The van der Waals surface area contributed by atoms with Gasteiger partial charge in [0.05, 0.1) is 17.9 Å². The van der Waals surface area contributed by atoms with Gasteiger partial charge in [0, 0.05) is 39.3 Å². The molecule has 2 saturated heterocycles. The van der Waals surface area contributed by atoms with Crippen molar-refractivity contribution in [2.45, 2.75) is 24.7 Å². The number of nitrogens with zero attached hydrogens (tertiary/aromatic N) is 3. The number of piperazine rings is 1. The van der Waals surface area contributed by atoms with Crippen molar-refractivity contribution in [1.82, 2.24) is 14.1 Å². The number of hydrogen-bond donors (Lipinski definition) is 0. The average molecular weight is 396 g/mol. The van der Waals surface area contributed by atoms with Crippen molar-refractivity contribution in [3.05, 3.63) is 24.3 Å². The van der Waals surface area contributed by atoms with E-state index in [1.54, 1.807) is 31.4 Å². The van der Waals surface area contributed by atoms with E-state index in [0.29, 0.717) is 18.7 Å². The summed E-state index contributed by atoms with van der Waals surface area (Å²) in [4.78, 5) is 17.4. The molecular weight excluding hydrogens is 366 g/mol. The summed E-state index contributed by atoms with van der Waals surface area (Å²) in [5, 5.41) is 0. The summed E-state index contributed by atoms with van der Waals surface area (Å²) in [7, 11) is -2.05. The minimum atomic E-state index is -3.60. The number of methoxy groups -OCH3 is 1. The number of rotatable bonds is 5. The van der Waals surface area contributed by atoms with Gasteiger partial charge in [0.15, 0.2) is 0 Å². The molecule has 27 heavy (non-hydrogen) atoms. The van der Waals surface area contributed by atoms with Crippen LogP contribution < -0.4 is 4.74 Å². The molecule has 1 atom stereocenters. The maximum absolute atomic E-state index is 13.0. The molecule has 0 unspecified atom stereocenters. The van der Waals surface area contributed by atoms with Crippen LogP contribution in [-0.4, -0.2) is 81.4 Å². The van der Waals surface area contributed by atoms with Crippen LogP contribution in [0.1, 0.15) is 19.8 Å². The van der Waals surface area contributed by atoms with Crippen LogP contribution in [0.15, 0.2) is 29.2 Å². The lowest BCUT2D eigenvalue weighted by Gasteiger charge is -2.38. The molecule has 150 valence electrons. The number of piperidine rings is 1. The normalized spacial score (nSPS) is 22.6. The third-order valence-electron chi connectivity index (χ3n) is 5.56. The van der Waals surface area contributed by atoms with Crippen LogP contribution in [0.3, 0.4) is 0 Å². The highest BCUT2D eigenvalue weighted by molar-refractivity contribution is 7.89. The van der Waals surface area contributed by atoms with E-state index >= 15 is 0 Å². The lowest BCUT2D eigenvalue weighted by atomic mass is 9.98. The van der Waals surface area contributed by atoms with Gasteiger partial charge in [-0.25, -0.2) is 8.42 Å². The molecule has 2 aliphatic heterocycles. The number of carbonyl (C=O) groups excluding carboxylic acids is 1. The van der Waals surface area contributed by atoms with Crippen molar-refractivity contribution in [2.24, 2.45) is 5.92 Å². The Balaban J connectivity index is 1.67. The van der Waals surface area contributed by atoms with Crippen LogP contribution in [0, 0.1) is 5.92 Å². The standard InChI is InChI=1S/C19H29N3O4S/c1-3-20-11-13-21(14-12-20)19(23)16-5-4-10-22(15-16)27(24,25)18-8-6-17(26-2)7-9-18/h6-9,16H,3-5,10-15H2,1-2H3/t16-/m1/s1. The van der Waals surface area contributed by atoms with E-state index in [1.165, 1.54) is 4.31 Å². The van der Waals surface area contributed by atoms with Crippen molar-refractivity contribution in [3.63, 3.8) is 0 Å². The summed E-state index contributed by atoms with van der Waals surface area (Å²) >= 11 is 0. The molecule has 0 aliphatic carbocycles. The summed E-state index contributed by atoms with van der Waals surface area (Å²) < 4.78 is 32.5. The highest BCUT2D eigenvalue weighted by atomic mass is 32.2. The number of sulfonamides is 1. The van der Waals surface area contributed by atoms with Crippen LogP contribution >= 0.6 is 0 Å². The number of carbonyl (C=O) groups is 1. The summed E-state index contributed by atoms with van der Waals surface area (Å²) in [6, 6.07) is 6.41. The summed E-state index contributed by atoms with van der Waals surface area (Å²) in [6.45, 7) is 7.09. The lowest BCUT2D eigenvalue weighted by molar-refractivity contribution is -0.138. The zero-order valence-corrected chi connectivity index (χ0v) is 17.0. The largest absolute Gasteiger partial charge is 0.497 e. The first kappa shape index (κ1) is 20.1. The van der Waals surface area contributed by atoms with Crippen LogP contribution in [-0.2, 0) is 14.8 Å². The molecule has 2 fully saturated rings. The molecule has 0 aromatic heterocycles. The van der Waals surface area contributed by atoms with Crippen molar-refractivity contribution in [2.75, 3.05) is 52.9 Å². The lowest BCUT2D eigenvalue weighted by Crippen LogP contribution is -2.52. The summed E-state index contributed by atoms with van der Waals surface area (Å²) in [5.74, 6) is 0.465. The van der Waals surface area contributed by atoms with E-state index in [0.717, 1.165) is 39.1 Å². The molecule has 0 bridgehead atoms. The van der Waals surface area contributed by atoms with Gasteiger partial charge in [-0.15, -0.1) is 0 Å². The third-order valence-corrected chi connectivity index (χ3v) is 7.44. The smallest absolute Gasteiger partial charge is 0.243 e. The fraction of sp³-hybridized carbons (Fsp3) is 0.632. The van der Waals surface area contributed by atoms with Gasteiger partial charge >= 0.3 is 0 Å². The number of benzene rings is 1. The first-order chi connectivity index (χ1) is 13.0. The van der Waals surface area contributed by atoms with E-state index in [4.69, 9.17) is 4.74 Å². The quantitative estimate of drug-likeness (QED) is 0.751. The van der Waals surface area contributed by atoms with Gasteiger partial charge in [-0.3, -0.25) is 4.79 Å². The van der Waals surface area contributed by atoms with Gasteiger partial charge in [-0.05, 0) is 43.7 Å². The topological polar surface area (TPSA) is 70.2 Å². The summed E-state index contributed by atoms with van der Waals surface area (Å²) in [6.07, 6.45) is 1.46. The highest BCUT2D eigenvalue weighted by Crippen LogP contribution is 2.26. The number of ether oxygens (including phenoxy) is 1. The minimum Gasteiger partial charge on any atom is -0.497 e. The van der Waals surface area contributed by atoms with E-state index in [1.807, 2.05) is 4.90 Å². The van der Waals surface area contributed by atoms with Gasteiger partial charge < -0.3 is 14.5 Å². The molecule has 8 heteroatoms. The molecule has 7 nitrogen and oxygen atoms in total. The van der Waals surface area contributed by atoms with Crippen molar-refractivity contribution < 1.29 is 17.9 Å². The molecule has 2 aliphatic rings. The van der Waals surface area contributed by atoms with Gasteiger partial charge in [-0.2, -0.15) is 4.31 Å². The minimum absolute atomic E-state index is 0.0976. The Morgan fingerprint density at radius 3 is 2.37 bits per heavy atom. The number of hydrogen-bond acceptors (Lipinski definition) is 5. The first-order valence-corrected chi connectivity index (χ1v) is 11.0. The molecule has 0 saturated carbocycles. The second-order valence-electron chi connectivity index (χ2n) is 7.14. The predicted octanol–water partition coefficient (Wildman–Crippen LogP) is 1.26. The second-order valence-corrected chi connectivity index (χ2v) is 9.08. The van der Waals surface area contributed by atoms with Gasteiger partial charge in [0.1, 0.15) is 5.75 Å². The van der Waals surface area contributed by atoms with Crippen molar-refractivity contribution in [3.8, 4) is 5.75 Å². The van der Waals surface area contributed by atoms with Crippen LogP contribution in [0.2, 0.25) is 0 Å². The van der Waals surface area contributed by atoms with E-state index < -0.39 is 10.0 Å². The molecule has 0 radical (unpaired) electrons. The Labute approximate surface area is 161 Å². The molecular formula is C19H29N3O4S. The predicted molar refractivity (Wildman–Crippen MR) is 103 cm³/mol. The third kappa shape index (κ3) is 4.44. The Kier molecular flexibility index (Phi) is 6.39. The maximum atomic E-state index is 13.0. The van der Waals surface area contributed by atoms with Gasteiger partial charge in [-0.1, -0.05) is 6.92 Å². The van der Waals surface area contributed by atoms with Crippen LogP contribution in [0.25, 0.3) is 0 Å². The second kappa shape index (κ2) is 8.58. The molecule has 1 aromatic carbocycles. The Morgan fingerprint density at radius 2 is 1.78 bits per heavy atom. The molecule has 0 spiro atoms. The van der Waals surface area contributed by atoms with Crippen LogP contribution in [0.5, 0.6) is 5.75 Å². The van der Waals surface area contributed by atoms with Gasteiger partial charge in [0.25, 0.3) is 0 Å². The number of likely N-dealkylation sites (N-methyl/N-ethyl adjacent to an activating group) is 1. The van der Waals surface area contributed by atoms with E-state index in [9.17, 15) is 13.2 Å². The average Bonchev–Trinajstić information content (AvgIpc) is 2.73. The van der Waals surface area contributed by atoms with Crippen molar-refractivity contribution >= 4 is 15.9 Å². The zero-order valence-electron chi connectivity index (χ0n) is 16.1. The highest BCUT2D eigenvalue weighted by Gasteiger charge is 2.35. The molecule has 1 aromatic rings.